The van der Waals surface area contributed by atoms with Crippen molar-refractivity contribution in [2.24, 2.45) is 0 Å². The molecule has 1 aliphatic carbocycles. The Morgan fingerprint density at radius 1 is 1.08 bits per heavy atom. The number of sulfonamides is 1. The molecule has 0 unspecified atom stereocenters. The Bertz CT molecular complexity index is 857. The summed E-state index contributed by atoms with van der Waals surface area (Å²) in [4.78, 5) is 11.7. The number of rotatable bonds is 5. The van der Waals surface area contributed by atoms with Crippen molar-refractivity contribution < 1.29 is 17.9 Å². The maximum Gasteiger partial charge on any atom is 0.338 e. The number of aryl methyl sites for hydroxylation is 2. The van der Waals surface area contributed by atoms with Crippen molar-refractivity contribution in [3.63, 3.8) is 0 Å². The van der Waals surface area contributed by atoms with Gasteiger partial charge in [0.1, 0.15) is 0 Å². The standard InChI is InChI=1S/C18H19NO4S/c1-2-23-18(20)14-7-10-17(11-8-14)24(21,22)19-16-9-6-13-4-3-5-15(13)12-16/h6-12,19H,2-5H2,1H3. The molecule has 0 aliphatic heterocycles. The van der Waals surface area contributed by atoms with Crippen molar-refractivity contribution in [3.8, 4) is 0 Å². The molecule has 5 nitrogen and oxygen atoms in total. The van der Waals surface area contributed by atoms with Gasteiger partial charge in [-0.25, -0.2) is 13.2 Å². The average molecular weight is 345 g/mol. The first kappa shape index (κ1) is 16.5. The summed E-state index contributed by atoms with van der Waals surface area (Å²) in [6, 6.07) is 11.4. The molecule has 0 heterocycles. The highest BCUT2D eigenvalue weighted by Gasteiger charge is 2.17. The number of anilines is 1. The van der Waals surface area contributed by atoms with E-state index in [9.17, 15) is 13.2 Å². The first-order chi connectivity index (χ1) is 11.5. The lowest BCUT2D eigenvalue weighted by atomic mass is 10.1. The Labute approximate surface area is 141 Å². The first-order valence-electron chi connectivity index (χ1n) is 7.91. The predicted octanol–water partition coefficient (Wildman–Crippen LogP) is 3.15. The molecule has 6 heteroatoms. The minimum atomic E-state index is -3.69. The fourth-order valence-electron chi connectivity index (χ4n) is 2.83. The molecule has 0 amide bonds. The number of esters is 1. The number of fused-ring (bicyclic) bond motifs is 1. The maximum absolute atomic E-state index is 12.5. The zero-order valence-corrected chi connectivity index (χ0v) is 14.2. The van der Waals surface area contributed by atoms with E-state index in [0.29, 0.717) is 11.3 Å². The van der Waals surface area contributed by atoms with E-state index < -0.39 is 16.0 Å². The van der Waals surface area contributed by atoms with Gasteiger partial charge in [0.25, 0.3) is 10.0 Å². The topological polar surface area (TPSA) is 72.5 Å². The van der Waals surface area contributed by atoms with E-state index in [1.54, 1.807) is 13.0 Å². The van der Waals surface area contributed by atoms with Crippen molar-refractivity contribution in [2.75, 3.05) is 11.3 Å². The van der Waals surface area contributed by atoms with E-state index in [-0.39, 0.29) is 11.5 Å². The Morgan fingerprint density at radius 3 is 2.50 bits per heavy atom. The van der Waals surface area contributed by atoms with E-state index >= 15 is 0 Å². The molecular formula is C18H19NO4S. The molecule has 24 heavy (non-hydrogen) atoms. The van der Waals surface area contributed by atoms with Gasteiger partial charge in [-0.05, 0) is 73.7 Å². The summed E-state index contributed by atoms with van der Waals surface area (Å²) in [6.45, 7) is 2.00. The number of carbonyl (C=O) groups is 1. The highest BCUT2D eigenvalue weighted by atomic mass is 32.2. The van der Waals surface area contributed by atoms with Crippen LogP contribution < -0.4 is 4.72 Å². The van der Waals surface area contributed by atoms with Crippen LogP contribution in [0.25, 0.3) is 0 Å². The maximum atomic E-state index is 12.5. The molecule has 1 N–H and O–H groups in total. The highest BCUT2D eigenvalue weighted by Crippen LogP contribution is 2.26. The van der Waals surface area contributed by atoms with Crippen LogP contribution in [0.3, 0.4) is 0 Å². The first-order valence-corrected chi connectivity index (χ1v) is 9.40. The summed E-state index contributed by atoms with van der Waals surface area (Å²) < 4.78 is 32.4. The normalized spacial score (nSPS) is 13.4. The zero-order chi connectivity index (χ0) is 17.2. The third-order valence-electron chi connectivity index (χ3n) is 4.03. The van der Waals surface area contributed by atoms with Gasteiger partial charge in [-0.15, -0.1) is 0 Å². The average Bonchev–Trinajstić information content (AvgIpc) is 3.02. The lowest BCUT2D eigenvalue weighted by Crippen LogP contribution is -2.13. The van der Waals surface area contributed by atoms with Gasteiger partial charge in [0.15, 0.2) is 0 Å². The van der Waals surface area contributed by atoms with Crippen molar-refractivity contribution in [3.05, 3.63) is 59.2 Å². The van der Waals surface area contributed by atoms with Gasteiger partial charge in [-0.2, -0.15) is 0 Å². The third-order valence-corrected chi connectivity index (χ3v) is 5.42. The lowest BCUT2D eigenvalue weighted by Gasteiger charge is -2.10. The zero-order valence-electron chi connectivity index (χ0n) is 13.4. The fraction of sp³-hybridized carbons (Fsp3) is 0.278. The number of ether oxygens (including phenoxy) is 1. The van der Waals surface area contributed by atoms with Gasteiger partial charge < -0.3 is 4.74 Å². The van der Waals surface area contributed by atoms with E-state index in [1.807, 2.05) is 12.1 Å². The van der Waals surface area contributed by atoms with Crippen LogP contribution >= 0.6 is 0 Å². The molecule has 3 rings (SSSR count). The highest BCUT2D eigenvalue weighted by molar-refractivity contribution is 7.92. The molecule has 0 spiro atoms. The summed E-state index contributed by atoms with van der Waals surface area (Å²) in [5.74, 6) is -0.465. The third kappa shape index (κ3) is 3.43. The van der Waals surface area contributed by atoms with Crippen molar-refractivity contribution in [1.82, 2.24) is 0 Å². The Kier molecular flexibility index (Phi) is 4.57. The molecule has 0 bridgehead atoms. The Morgan fingerprint density at radius 2 is 1.79 bits per heavy atom. The molecule has 0 fully saturated rings. The van der Waals surface area contributed by atoms with Gasteiger partial charge in [0.2, 0.25) is 0 Å². The number of nitrogens with one attached hydrogen (secondary N) is 1. The van der Waals surface area contributed by atoms with E-state index in [1.165, 1.54) is 35.4 Å². The van der Waals surface area contributed by atoms with Gasteiger partial charge in [-0.3, -0.25) is 4.72 Å². The van der Waals surface area contributed by atoms with Crippen LogP contribution in [0, 0.1) is 0 Å². The predicted molar refractivity (Wildman–Crippen MR) is 91.7 cm³/mol. The molecule has 1 aliphatic rings. The molecule has 0 saturated carbocycles. The van der Waals surface area contributed by atoms with Gasteiger partial charge in [0, 0.05) is 5.69 Å². The fourth-order valence-corrected chi connectivity index (χ4v) is 3.88. The van der Waals surface area contributed by atoms with Gasteiger partial charge in [0.05, 0.1) is 17.1 Å². The monoisotopic (exact) mass is 345 g/mol. The quantitative estimate of drug-likeness (QED) is 0.845. The molecule has 2 aromatic carbocycles. The lowest BCUT2D eigenvalue weighted by molar-refractivity contribution is 0.0526. The molecule has 2 aromatic rings. The van der Waals surface area contributed by atoms with Crippen molar-refractivity contribution in [2.45, 2.75) is 31.1 Å². The molecular weight excluding hydrogens is 326 g/mol. The summed E-state index contributed by atoms with van der Waals surface area (Å²) in [5.41, 5.74) is 3.38. The number of hydrogen-bond donors (Lipinski definition) is 1. The second kappa shape index (κ2) is 6.65. The summed E-state index contributed by atoms with van der Waals surface area (Å²) in [6.07, 6.45) is 3.15. The van der Waals surface area contributed by atoms with Gasteiger partial charge >= 0.3 is 5.97 Å². The number of benzene rings is 2. The Balaban J connectivity index is 1.79. The second-order valence-corrected chi connectivity index (χ2v) is 7.37. The largest absolute Gasteiger partial charge is 0.462 e. The van der Waals surface area contributed by atoms with Crippen LogP contribution in [0.5, 0.6) is 0 Å². The van der Waals surface area contributed by atoms with Crippen molar-refractivity contribution in [1.29, 1.82) is 0 Å². The van der Waals surface area contributed by atoms with Gasteiger partial charge in [-0.1, -0.05) is 6.07 Å². The summed E-state index contributed by atoms with van der Waals surface area (Å²) in [7, 11) is -3.69. The van der Waals surface area contributed by atoms with Crippen LogP contribution in [-0.2, 0) is 27.6 Å². The minimum absolute atomic E-state index is 0.107. The number of hydrogen-bond acceptors (Lipinski definition) is 4. The molecule has 0 atom stereocenters. The second-order valence-electron chi connectivity index (χ2n) is 5.69. The Hall–Kier alpha value is -2.34. The van der Waals surface area contributed by atoms with E-state index in [0.717, 1.165) is 19.3 Å². The SMILES string of the molecule is CCOC(=O)c1ccc(S(=O)(=O)Nc2ccc3c(c2)CCC3)cc1. The summed E-state index contributed by atoms with van der Waals surface area (Å²) >= 11 is 0. The minimum Gasteiger partial charge on any atom is -0.462 e. The molecule has 0 saturated heterocycles. The molecule has 126 valence electrons. The molecule has 0 radical (unpaired) electrons. The number of carbonyl (C=O) groups excluding carboxylic acids is 1. The molecule has 0 aromatic heterocycles. The van der Waals surface area contributed by atoms with Crippen LogP contribution in [0.1, 0.15) is 34.8 Å². The smallest absolute Gasteiger partial charge is 0.338 e. The van der Waals surface area contributed by atoms with Crippen LogP contribution in [0.15, 0.2) is 47.4 Å². The van der Waals surface area contributed by atoms with Crippen LogP contribution in [0.4, 0.5) is 5.69 Å². The van der Waals surface area contributed by atoms with Crippen LogP contribution in [-0.4, -0.2) is 21.0 Å². The van der Waals surface area contributed by atoms with Crippen LogP contribution in [0.2, 0.25) is 0 Å². The van der Waals surface area contributed by atoms with E-state index in [4.69, 9.17) is 4.74 Å². The van der Waals surface area contributed by atoms with E-state index in [2.05, 4.69) is 4.72 Å². The summed E-state index contributed by atoms with van der Waals surface area (Å²) in [5, 5.41) is 0. The van der Waals surface area contributed by atoms with Crippen molar-refractivity contribution >= 4 is 21.7 Å².